The Balaban J connectivity index is 2.12. The van der Waals surface area contributed by atoms with Crippen LogP contribution in [0, 0.1) is 0 Å². The highest BCUT2D eigenvalue weighted by molar-refractivity contribution is 5.99. The molecule has 1 aromatic rings. The van der Waals surface area contributed by atoms with Crippen LogP contribution < -0.4 is 5.32 Å². The number of hydrogen-bond acceptors (Lipinski definition) is 3. The molecule has 0 aliphatic carbocycles. The molecule has 2 heterocycles. The van der Waals surface area contributed by atoms with E-state index in [0.717, 1.165) is 12.0 Å². The zero-order valence-corrected chi connectivity index (χ0v) is 13.2. The molecule has 1 fully saturated rings. The average Bonchev–Trinajstić information content (AvgIpc) is 2.82. The van der Waals surface area contributed by atoms with Crippen LogP contribution in [0.5, 0.6) is 0 Å². The van der Waals surface area contributed by atoms with E-state index in [1.807, 2.05) is 20.2 Å². The van der Waals surface area contributed by atoms with Crippen LogP contribution in [0.15, 0.2) is 12.4 Å². The number of carbonyl (C=O) groups excluding carboxylic acids is 2. The SMILES string of the molecule is CCCC1NC(=O)C(C)(C)N(CCc2cnn(C)c2)C1=O. The predicted octanol–water partition coefficient (Wildman–Crippen LogP) is 0.868. The summed E-state index contributed by atoms with van der Waals surface area (Å²) in [4.78, 5) is 26.6. The van der Waals surface area contributed by atoms with Crippen LogP contribution in [0.2, 0.25) is 0 Å². The van der Waals surface area contributed by atoms with Crippen LogP contribution in [0.25, 0.3) is 0 Å². The number of amides is 2. The maximum Gasteiger partial charge on any atom is 0.246 e. The van der Waals surface area contributed by atoms with Crippen molar-refractivity contribution in [1.29, 1.82) is 0 Å². The number of hydrogen-bond donors (Lipinski definition) is 1. The second kappa shape index (κ2) is 5.87. The molecule has 1 N–H and O–H groups in total. The molecule has 21 heavy (non-hydrogen) atoms. The first-order valence-electron chi connectivity index (χ1n) is 7.46. The molecule has 1 aromatic heterocycles. The highest BCUT2D eigenvalue weighted by Crippen LogP contribution is 2.23. The van der Waals surface area contributed by atoms with Crippen molar-refractivity contribution in [2.75, 3.05) is 6.54 Å². The molecule has 0 radical (unpaired) electrons. The largest absolute Gasteiger partial charge is 0.342 e. The smallest absolute Gasteiger partial charge is 0.246 e. The van der Waals surface area contributed by atoms with Gasteiger partial charge in [-0.05, 0) is 32.3 Å². The Kier molecular flexibility index (Phi) is 4.34. The Morgan fingerprint density at radius 2 is 2.10 bits per heavy atom. The van der Waals surface area contributed by atoms with Gasteiger partial charge in [-0.3, -0.25) is 14.3 Å². The lowest BCUT2D eigenvalue weighted by Gasteiger charge is -2.44. The first-order valence-corrected chi connectivity index (χ1v) is 7.46. The van der Waals surface area contributed by atoms with Gasteiger partial charge in [0.25, 0.3) is 0 Å². The minimum absolute atomic E-state index is 0.0188. The van der Waals surface area contributed by atoms with Crippen molar-refractivity contribution in [2.24, 2.45) is 7.05 Å². The summed E-state index contributed by atoms with van der Waals surface area (Å²) in [5.41, 5.74) is 0.267. The minimum atomic E-state index is -0.802. The van der Waals surface area contributed by atoms with Crippen LogP contribution in [-0.2, 0) is 23.1 Å². The van der Waals surface area contributed by atoms with Gasteiger partial charge in [-0.25, -0.2) is 0 Å². The lowest BCUT2D eigenvalue weighted by Crippen LogP contribution is -2.68. The Hall–Kier alpha value is -1.85. The molecular weight excluding hydrogens is 268 g/mol. The molecule has 0 saturated carbocycles. The summed E-state index contributed by atoms with van der Waals surface area (Å²) in [7, 11) is 1.87. The van der Waals surface area contributed by atoms with Crippen molar-refractivity contribution in [1.82, 2.24) is 20.0 Å². The summed E-state index contributed by atoms with van der Waals surface area (Å²) >= 11 is 0. The molecule has 6 nitrogen and oxygen atoms in total. The summed E-state index contributed by atoms with van der Waals surface area (Å²) in [6, 6.07) is -0.385. The molecule has 0 bridgehead atoms. The lowest BCUT2D eigenvalue weighted by molar-refractivity contribution is -0.155. The first kappa shape index (κ1) is 15.5. The fourth-order valence-corrected chi connectivity index (χ4v) is 2.70. The van der Waals surface area contributed by atoms with E-state index in [1.165, 1.54) is 0 Å². The van der Waals surface area contributed by atoms with Gasteiger partial charge in [0.2, 0.25) is 11.8 Å². The quantitative estimate of drug-likeness (QED) is 0.875. The predicted molar refractivity (Wildman–Crippen MR) is 79.5 cm³/mol. The van der Waals surface area contributed by atoms with Crippen molar-refractivity contribution in [3.05, 3.63) is 18.0 Å². The minimum Gasteiger partial charge on any atom is -0.342 e. The molecule has 116 valence electrons. The first-order chi connectivity index (χ1) is 9.86. The van der Waals surface area contributed by atoms with Crippen LogP contribution >= 0.6 is 0 Å². The van der Waals surface area contributed by atoms with E-state index in [0.29, 0.717) is 19.4 Å². The number of carbonyl (C=O) groups is 2. The van der Waals surface area contributed by atoms with E-state index < -0.39 is 5.54 Å². The van der Waals surface area contributed by atoms with E-state index >= 15 is 0 Å². The summed E-state index contributed by atoms with van der Waals surface area (Å²) in [6.45, 7) is 6.14. The van der Waals surface area contributed by atoms with Crippen LogP contribution in [0.1, 0.15) is 39.2 Å². The second-order valence-corrected chi connectivity index (χ2v) is 6.14. The van der Waals surface area contributed by atoms with E-state index in [1.54, 1.807) is 29.6 Å². The summed E-state index contributed by atoms with van der Waals surface area (Å²) in [5, 5.41) is 6.97. The van der Waals surface area contributed by atoms with Crippen molar-refractivity contribution in [2.45, 2.75) is 51.6 Å². The molecule has 1 saturated heterocycles. The van der Waals surface area contributed by atoms with Crippen molar-refractivity contribution in [3.63, 3.8) is 0 Å². The Morgan fingerprint density at radius 1 is 1.38 bits per heavy atom. The third-order valence-electron chi connectivity index (χ3n) is 4.06. The number of aromatic nitrogens is 2. The molecule has 2 amide bonds. The fourth-order valence-electron chi connectivity index (χ4n) is 2.70. The number of piperazine rings is 1. The van der Waals surface area contributed by atoms with Gasteiger partial charge in [0.1, 0.15) is 11.6 Å². The van der Waals surface area contributed by atoms with E-state index in [-0.39, 0.29) is 17.9 Å². The van der Waals surface area contributed by atoms with Gasteiger partial charge in [0.05, 0.1) is 6.20 Å². The van der Waals surface area contributed by atoms with Gasteiger partial charge >= 0.3 is 0 Å². The average molecular weight is 292 g/mol. The number of aryl methyl sites for hydroxylation is 1. The summed E-state index contributed by atoms with van der Waals surface area (Å²) < 4.78 is 1.74. The third kappa shape index (κ3) is 3.09. The molecule has 0 spiro atoms. The number of nitrogens with zero attached hydrogens (tertiary/aromatic N) is 3. The van der Waals surface area contributed by atoms with E-state index in [4.69, 9.17) is 0 Å². The molecule has 1 unspecified atom stereocenters. The highest BCUT2D eigenvalue weighted by Gasteiger charge is 2.45. The van der Waals surface area contributed by atoms with E-state index in [2.05, 4.69) is 10.4 Å². The summed E-state index contributed by atoms with van der Waals surface area (Å²) in [6.07, 6.45) is 5.99. The van der Waals surface area contributed by atoms with Crippen LogP contribution in [0.4, 0.5) is 0 Å². The van der Waals surface area contributed by atoms with Gasteiger partial charge < -0.3 is 10.2 Å². The van der Waals surface area contributed by atoms with Crippen LogP contribution in [0.3, 0.4) is 0 Å². The zero-order chi connectivity index (χ0) is 15.6. The Labute approximate surface area is 125 Å². The van der Waals surface area contributed by atoms with Crippen molar-refractivity contribution < 1.29 is 9.59 Å². The topological polar surface area (TPSA) is 67.2 Å². The number of rotatable bonds is 5. The normalized spacial score (nSPS) is 21.5. The van der Waals surface area contributed by atoms with Crippen molar-refractivity contribution in [3.8, 4) is 0 Å². The monoisotopic (exact) mass is 292 g/mol. The fraction of sp³-hybridized carbons (Fsp3) is 0.667. The molecule has 1 aliphatic rings. The van der Waals surface area contributed by atoms with Gasteiger partial charge in [-0.1, -0.05) is 13.3 Å². The van der Waals surface area contributed by atoms with Crippen LogP contribution in [-0.4, -0.2) is 44.6 Å². The maximum absolute atomic E-state index is 12.6. The van der Waals surface area contributed by atoms with Gasteiger partial charge in [0.15, 0.2) is 0 Å². The Morgan fingerprint density at radius 3 is 2.67 bits per heavy atom. The molecule has 1 aliphatic heterocycles. The molecule has 6 heteroatoms. The number of nitrogens with one attached hydrogen (secondary N) is 1. The lowest BCUT2D eigenvalue weighted by atomic mass is 9.93. The maximum atomic E-state index is 12.6. The van der Waals surface area contributed by atoms with Gasteiger partial charge in [-0.15, -0.1) is 0 Å². The molecule has 0 aromatic carbocycles. The van der Waals surface area contributed by atoms with Gasteiger partial charge in [0, 0.05) is 19.8 Å². The standard InChI is InChI=1S/C15H24N4O2/c1-5-6-12-13(20)19(15(2,3)14(21)17-12)8-7-11-9-16-18(4)10-11/h9-10,12H,5-8H2,1-4H3,(H,17,21). The molecule has 2 rings (SSSR count). The Bertz CT molecular complexity index is 536. The van der Waals surface area contributed by atoms with E-state index in [9.17, 15) is 9.59 Å². The van der Waals surface area contributed by atoms with Gasteiger partial charge in [-0.2, -0.15) is 5.10 Å². The third-order valence-corrected chi connectivity index (χ3v) is 4.06. The summed E-state index contributed by atoms with van der Waals surface area (Å²) in [5.74, 6) is -0.0583. The van der Waals surface area contributed by atoms with Crippen molar-refractivity contribution >= 4 is 11.8 Å². The second-order valence-electron chi connectivity index (χ2n) is 6.14. The highest BCUT2D eigenvalue weighted by atomic mass is 16.2. The molecular formula is C15H24N4O2. The molecule has 1 atom stereocenters. The zero-order valence-electron chi connectivity index (χ0n) is 13.2.